The van der Waals surface area contributed by atoms with E-state index in [4.69, 9.17) is 0 Å². The van der Waals surface area contributed by atoms with Crippen LogP contribution < -0.4 is 10.2 Å². The van der Waals surface area contributed by atoms with Crippen LogP contribution in [-0.4, -0.2) is 23.3 Å². The van der Waals surface area contributed by atoms with Gasteiger partial charge in [0.2, 0.25) is 5.91 Å². The highest BCUT2D eigenvalue weighted by molar-refractivity contribution is 5.96. The number of rotatable bonds is 4. The third-order valence-electron chi connectivity index (χ3n) is 3.94. The smallest absolute Gasteiger partial charge is 0.251 e. The van der Waals surface area contributed by atoms with E-state index in [1.807, 2.05) is 24.3 Å². The zero-order valence-electron chi connectivity index (χ0n) is 12.9. The first-order valence-electron chi connectivity index (χ1n) is 7.81. The Bertz CT molecular complexity index is 683. The lowest BCUT2D eigenvalue weighted by Crippen LogP contribution is -2.35. The van der Waals surface area contributed by atoms with Crippen molar-refractivity contribution in [2.24, 2.45) is 0 Å². The number of nitrogens with one attached hydrogen (secondary N) is 1. The van der Waals surface area contributed by atoms with Crippen LogP contribution in [0.4, 0.5) is 5.69 Å². The molecule has 1 aromatic heterocycles. The SMILES string of the molecule is O=C(NCc1cccnc1)c1ccc(N2CCCCC2=O)cc1. The molecule has 0 radical (unpaired) electrons. The average molecular weight is 309 g/mol. The summed E-state index contributed by atoms with van der Waals surface area (Å²) in [5.74, 6) is 0.0235. The molecule has 1 aliphatic heterocycles. The lowest BCUT2D eigenvalue weighted by Gasteiger charge is -2.26. The van der Waals surface area contributed by atoms with Gasteiger partial charge >= 0.3 is 0 Å². The Hall–Kier alpha value is -2.69. The van der Waals surface area contributed by atoms with Crippen LogP contribution in [0.2, 0.25) is 0 Å². The van der Waals surface area contributed by atoms with Crippen LogP contribution in [0.15, 0.2) is 48.8 Å². The summed E-state index contributed by atoms with van der Waals surface area (Å²) >= 11 is 0. The predicted octanol–water partition coefficient (Wildman–Crippen LogP) is 2.53. The zero-order valence-corrected chi connectivity index (χ0v) is 12.9. The number of hydrogen-bond acceptors (Lipinski definition) is 3. The fourth-order valence-corrected chi connectivity index (χ4v) is 2.66. The van der Waals surface area contributed by atoms with Gasteiger partial charge in [0.05, 0.1) is 0 Å². The summed E-state index contributed by atoms with van der Waals surface area (Å²) < 4.78 is 0. The Kier molecular flexibility index (Phi) is 4.66. The Labute approximate surface area is 135 Å². The summed E-state index contributed by atoms with van der Waals surface area (Å²) in [5, 5.41) is 2.86. The zero-order chi connectivity index (χ0) is 16.1. The Morgan fingerprint density at radius 2 is 2.00 bits per heavy atom. The molecule has 1 aliphatic rings. The average Bonchev–Trinajstić information content (AvgIpc) is 2.61. The van der Waals surface area contributed by atoms with E-state index in [-0.39, 0.29) is 11.8 Å². The normalized spacial score (nSPS) is 14.6. The number of nitrogens with zero attached hydrogens (tertiary/aromatic N) is 2. The van der Waals surface area contributed by atoms with Gasteiger partial charge in [-0.05, 0) is 48.7 Å². The lowest BCUT2D eigenvalue weighted by molar-refractivity contribution is -0.119. The first-order chi connectivity index (χ1) is 11.2. The quantitative estimate of drug-likeness (QED) is 0.944. The number of anilines is 1. The van der Waals surface area contributed by atoms with Crippen molar-refractivity contribution in [1.29, 1.82) is 0 Å². The van der Waals surface area contributed by atoms with Gasteiger partial charge in [-0.15, -0.1) is 0 Å². The molecule has 1 fully saturated rings. The van der Waals surface area contributed by atoms with E-state index in [2.05, 4.69) is 10.3 Å². The first-order valence-corrected chi connectivity index (χ1v) is 7.81. The maximum absolute atomic E-state index is 12.2. The molecule has 0 bridgehead atoms. The summed E-state index contributed by atoms with van der Waals surface area (Å²) in [7, 11) is 0. The van der Waals surface area contributed by atoms with Crippen LogP contribution >= 0.6 is 0 Å². The second kappa shape index (κ2) is 7.05. The fourth-order valence-electron chi connectivity index (χ4n) is 2.66. The van der Waals surface area contributed by atoms with E-state index in [1.54, 1.807) is 29.4 Å². The molecule has 0 spiro atoms. The topological polar surface area (TPSA) is 62.3 Å². The molecule has 23 heavy (non-hydrogen) atoms. The van der Waals surface area contributed by atoms with Gasteiger partial charge < -0.3 is 10.2 Å². The molecular formula is C18H19N3O2. The highest BCUT2D eigenvalue weighted by Crippen LogP contribution is 2.21. The van der Waals surface area contributed by atoms with Gasteiger partial charge in [-0.25, -0.2) is 0 Å². The summed E-state index contributed by atoms with van der Waals surface area (Å²) in [6.45, 7) is 1.20. The largest absolute Gasteiger partial charge is 0.348 e. The third-order valence-corrected chi connectivity index (χ3v) is 3.94. The second-order valence-corrected chi connectivity index (χ2v) is 5.59. The Balaban J connectivity index is 1.62. The maximum Gasteiger partial charge on any atom is 0.251 e. The lowest BCUT2D eigenvalue weighted by atomic mass is 10.1. The molecule has 3 rings (SSSR count). The van der Waals surface area contributed by atoms with Crippen LogP contribution in [0, 0.1) is 0 Å². The molecule has 2 aromatic rings. The van der Waals surface area contributed by atoms with Crippen molar-refractivity contribution in [3.63, 3.8) is 0 Å². The molecule has 1 saturated heterocycles. The number of carbonyl (C=O) groups is 2. The van der Waals surface area contributed by atoms with Gasteiger partial charge in [-0.3, -0.25) is 14.6 Å². The molecule has 0 unspecified atom stereocenters. The molecule has 5 heteroatoms. The van der Waals surface area contributed by atoms with Crippen molar-refractivity contribution in [2.75, 3.05) is 11.4 Å². The van der Waals surface area contributed by atoms with Crippen molar-refractivity contribution in [3.8, 4) is 0 Å². The summed E-state index contributed by atoms with van der Waals surface area (Å²) in [6, 6.07) is 10.9. The standard InChI is InChI=1S/C18H19N3O2/c22-17-5-1-2-11-21(17)16-8-6-15(7-9-16)18(23)20-13-14-4-3-10-19-12-14/h3-4,6-10,12H,1-2,5,11,13H2,(H,20,23). The fraction of sp³-hybridized carbons (Fsp3) is 0.278. The van der Waals surface area contributed by atoms with Crippen LogP contribution in [0.25, 0.3) is 0 Å². The Morgan fingerprint density at radius 1 is 1.17 bits per heavy atom. The van der Waals surface area contributed by atoms with Crippen molar-refractivity contribution in [2.45, 2.75) is 25.8 Å². The van der Waals surface area contributed by atoms with Crippen molar-refractivity contribution < 1.29 is 9.59 Å². The number of hydrogen-bond donors (Lipinski definition) is 1. The van der Waals surface area contributed by atoms with Gasteiger partial charge in [0.15, 0.2) is 0 Å². The number of aromatic nitrogens is 1. The van der Waals surface area contributed by atoms with E-state index < -0.39 is 0 Å². The van der Waals surface area contributed by atoms with Gasteiger partial charge in [0.1, 0.15) is 0 Å². The monoisotopic (exact) mass is 309 g/mol. The number of benzene rings is 1. The second-order valence-electron chi connectivity index (χ2n) is 5.59. The Morgan fingerprint density at radius 3 is 2.70 bits per heavy atom. The van der Waals surface area contributed by atoms with E-state index >= 15 is 0 Å². The van der Waals surface area contributed by atoms with Gasteiger partial charge in [-0.2, -0.15) is 0 Å². The molecule has 118 valence electrons. The maximum atomic E-state index is 12.2. The number of pyridine rings is 1. The molecule has 5 nitrogen and oxygen atoms in total. The van der Waals surface area contributed by atoms with Crippen molar-refractivity contribution in [3.05, 3.63) is 59.9 Å². The van der Waals surface area contributed by atoms with Crippen LogP contribution in [-0.2, 0) is 11.3 Å². The molecule has 2 heterocycles. The van der Waals surface area contributed by atoms with E-state index in [9.17, 15) is 9.59 Å². The molecule has 2 amide bonds. The first kappa shape index (κ1) is 15.2. The highest BCUT2D eigenvalue weighted by Gasteiger charge is 2.19. The highest BCUT2D eigenvalue weighted by atomic mass is 16.2. The van der Waals surface area contributed by atoms with E-state index in [0.29, 0.717) is 18.5 Å². The minimum atomic E-state index is -0.134. The van der Waals surface area contributed by atoms with Crippen LogP contribution in [0.1, 0.15) is 35.2 Å². The van der Waals surface area contributed by atoms with Crippen molar-refractivity contribution in [1.82, 2.24) is 10.3 Å². The summed E-state index contributed by atoms with van der Waals surface area (Å²) in [5.41, 5.74) is 2.40. The van der Waals surface area contributed by atoms with Crippen molar-refractivity contribution >= 4 is 17.5 Å². The minimum Gasteiger partial charge on any atom is -0.348 e. The summed E-state index contributed by atoms with van der Waals surface area (Å²) in [6.07, 6.45) is 6.02. The minimum absolute atomic E-state index is 0.134. The molecular weight excluding hydrogens is 290 g/mol. The van der Waals surface area contributed by atoms with Crippen LogP contribution in [0.3, 0.4) is 0 Å². The van der Waals surface area contributed by atoms with Gasteiger partial charge in [0.25, 0.3) is 5.91 Å². The van der Waals surface area contributed by atoms with Gasteiger partial charge in [-0.1, -0.05) is 6.07 Å². The summed E-state index contributed by atoms with van der Waals surface area (Å²) in [4.78, 5) is 29.9. The molecule has 1 N–H and O–H groups in total. The third kappa shape index (κ3) is 3.74. The van der Waals surface area contributed by atoms with Crippen LogP contribution in [0.5, 0.6) is 0 Å². The molecule has 0 aliphatic carbocycles. The molecule has 1 aromatic carbocycles. The number of piperidine rings is 1. The number of carbonyl (C=O) groups excluding carboxylic acids is 2. The van der Waals surface area contributed by atoms with E-state index in [1.165, 1.54) is 0 Å². The molecule has 0 saturated carbocycles. The molecule has 0 atom stereocenters. The number of amides is 2. The van der Waals surface area contributed by atoms with Gasteiger partial charge in [0, 0.05) is 43.2 Å². The predicted molar refractivity (Wildman–Crippen MR) is 88.1 cm³/mol. The van der Waals surface area contributed by atoms with E-state index in [0.717, 1.165) is 30.6 Å².